The summed E-state index contributed by atoms with van der Waals surface area (Å²) >= 11 is 3.63. The third-order valence-electron chi connectivity index (χ3n) is 3.65. The van der Waals surface area contributed by atoms with Crippen LogP contribution in [-0.4, -0.2) is 54.6 Å². The van der Waals surface area contributed by atoms with Gasteiger partial charge in [0.05, 0.1) is 0 Å². The van der Waals surface area contributed by atoms with Crippen LogP contribution in [0.15, 0.2) is 10.8 Å². The second-order valence-corrected chi connectivity index (χ2v) is 6.10. The zero-order valence-corrected chi connectivity index (χ0v) is 13.6. The summed E-state index contributed by atoms with van der Waals surface area (Å²) in [7, 11) is 4.29. The van der Waals surface area contributed by atoms with Gasteiger partial charge in [0.1, 0.15) is 22.4 Å². The van der Waals surface area contributed by atoms with Crippen molar-refractivity contribution in [2.45, 2.75) is 19.9 Å². The van der Waals surface area contributed by atoms with Crippen molar-refractivity contribution >= 4 is 27.6 Å². The molecule has 1 aromatic rings. The zero-order valence-electron chi connectivity index (χ0n) is 12.0. The molecule has 0 saturated carbocycles. The van der Waals surface area contributed by atoms with E-state index in [-0.39, 0.29) is 0 Å². The Balaban J connectivity index is 2.21. The highest BCUT2D eigenvalue weighted by molar-refractivity contribution is 9.10. The van der Waals surface area contributed by atoms with E-state index < -0.39 is 0 Å². The third-order valence-corrected chi connectivity index (χ3v) is 4.38. The molecular weight excluding hydrogens is 306 g/mol. The Morgan fingerprint density at radius 3 is 2.74 bits per heavy atom. The van der Waals surface area contributed by atoms with E-state index in [0.29, 0.717) is 12.0 Å². The van der Waals surface area contributed by atoms with Crippen molar-refractivity contribution in [3.63, 3.8) is 0 Å². The lowest BCUT2D eigenvalue weighted by Gasteiger charge is -2.23. The van der Waals surface area contributed by atoms with Gasteiger partial charge in [-0.05, 0) is 42.9 Å². The first kappa shape index (κ1) is 14.5. The molecule has 0 spiro atoms. The molecular formula is C13H22BrN5. The molecule has 1 fully saturated rings. The second kappa shape index (κ2) is 6.05. The Morgan fingerprint density at radius 2 is 2.16 bits per heavy atom. The van der Waals surface area contributed by atoms with Crippen LogP contribution in [0.3, 0.4) is 0 Å². The van der Waals surface area contributed by atoms with Crippen LogP contribution >= 0.6 is 15.9 Å². The topological polar surface area (TPSA) is 44.3 Å². The first-order valence-corrected chi connectivity index (χ1v) is 7.49. The van der Waals surface area contributed by atoms with Crippen LogP contribution in [0.5, 0.6) is 0 Å². The van der Waals surface area contributed by atoms with Crippen LogP contribution in [0.1, 0.15) is 13.8 Å². The predicted molar refractivity (Wildman–Crippen MR) is 82.7 cm³/mol. The van der Waals surface area contributed by atoms with Gasteiger partial charge in [0.25, 0.3) is 0 Å². The van der Waals surface area contributed by atoms with Crippen LogP contribution < -0.4 is 10.2 Å². The molecule has 0 aliphatic carbocycles. The number of rotatable bonds is 4. The van der Waals surface area contributed by atoms with E-state index >= 15 is 0 Å². The molecule has 5 nitrogen and oxygen atoms in total. The number of anilines is 2. The monoisotopic (exact) mass is 327 g/mol. The Morgan fingerprint density at radius 1 is 1.42 bits per heavy atom. The molecule has 6 heteroatoms. The van der Waals surface area contributed by atoms with Crippen LogP contribution in [0.25, 0.3) is 0 Å². The van der Waals surface area contributed by atoms with Gasteiger partial charge < -0.3 is 15.1 Å². The summed E-state index contributed by atoms with van der Waals surface area (Å²) in [5.41, 5.74) is 0. The fourth-order valence-corrected chi connectivity index (χ4v) is 3.26. The summed E-state index contributed by atoms with van der Waals surface area (Å²) in [6, 6.07) is 0.574. The van der Waals surface area contributed by atoms with Crippen LogP contribution in [0, 0.1) is 5.92 Å². The molecule has 0 aromatic carbocycles. The van der Waals surface area contributed by atoms with E-state index in [1.165, 1.54) is 0 Å². The first-order valence-electron chi connectivity index (χ1n) is 6.70. The highest BCUT2D eigenvalue weighted by Gasteiger charge is 2.32. The molecule has 2 unspecified atom stereocenters. The molecule has 2 heterocycles. The van der Waals surface area contributed by atoms with Gasteiger partial charge in [0.15, 0.2) is 0 Å². The minimum atomic E-state index is 0.574. The maximum Gasteiger partial charge on any atom is 0.148 e. The smallest absolute Gasteiger partial charge is 0.148 e. The number of hydrogen-bond donors (Lipinski definition) is 1. The number of nitrogens with one attached hydrogen (secondary N) is 1. The number of aromatic nitrogens is 2. The van der Waals surface area contributed by atoms with Gasteiger partial charge in [-0.3, -0.25) is 0 Å². The lowest BCUT2D eigenvalue weighted by atomic mass is 10.1. The lowest BCUT2D eigenvalue weighted by molar-refractivity contribution is 0.266. The third kappa shape index (κ3) is 3.00. The Labute approximate surface area is 123 Å². The SMILES string of the molecule is CCNc1ncnc(N2CC(C)C(N(C)C)C2)c1Br. The van der Waals surface area contributed by atoms with E-state index in [0.717, 1.165) is 35.7 Å². The summed E-state index contributed by atoms with van der Waals surface area (Å²) in [4.78, 5) is 13.3. The van der Waals surface area contributed by atoms with Gasteiger partial charge in [-0.2, -0.15) is 0 Å². The molecule has 19 heavy (non-hydrogen) atoms. The molecule has 2 rings (SSSR count). The van der Waals surface area contributed by atoms with E-state index in [1.54, 1.807) is 6.33 Å². The summed E-state index contributed by atoms with van der Waals surface area (Å²) in [5.74, 6) is 2.50. The largest absolute Gasteiger partial charge is 0.369 e. The molecule has 1 aromatic heterocycles. The summed E-state index contributed by atoms with van der Waals surface area (Å²) in [6.07, 6.45) is 1.63. The van der Waals surface area contributed by atoms with Crippen LogP contribution in [0.4, 0.5) is 11.6 Å². The molecule has 1 aliphatic rings. The quantitative estimate of drug-likeness (QED) is 0.917. The Kier molecular flexibility index (Phi) is 4.62. The van der Waals surface area contributed by atoms with Crippen molar-refractivity contribution < 1.29 is 0 Å². The maximum absolute atomic E-state index is 4.44. The van der Waals surface area contributed by atoms with Gasteiger partial charge >= 0.3 is 0 Å². The number of nitrogens with zero attached hydrogens (tertiary/aromatic N) is 4. The Hall–Kier alpha value is -0.880. The molecule has 1 N–H and O–H groups in total. The minimum Gasteiger partial charge on any atom is -0.369 e. The van der Waals surface area contributed by atoms with Gasteiger partial charge in [-0.15, -0.1) is 0 Å². The number of hydrogen-bond acceptors (Lipinski definition) is 5. The molecule has 2 atom stereocenters. The highest BCUT2D eigenvalue weighted by atomic mass is 79.9. The summed E-state index contributed by atoms with van der Waals surface area (Å²) in [6.45, 7) is 7.25. The van der Waals surface area contributed by atoms with Crippen molar-refractivity contribution in [1.82, 2.24) is 14.9 Å². The average Bonchev–Trinajstić information content (AvgIpc) is 2.74. The molecule has 0 radical (unpaired) electrons. The van der Waals surface area contributed by atoms with Crippen molar-refractivity contribution in [3.8, 4) is 0 Å². The van der Waals surface area contributed by atoms with Crippen molar-refractivity contribution in [1.29, 1.82) is 0 Å². The maximum atomic E-state index is 4.44. The molecule has 1 saturated heterocycles. The molecule has 1 aliphatic heterocycles. The minimum absolute atomic E-state index is 0.574. The van der Waals surface area contributed by atoms with E-state index in [9.17, 15) is 0 Å². The van der Waals surface area contributed by atoms with Gasteiger partial charge in [0.2, 0.25) is 0 Å². The standard InChI is InChI=1S/C13H22BrN5/c1-5-15-12-11(14)13(17-8-16-12)19-6-9(2)10(7-19)18(3)4/h8-10H,5-7H2,1-4H3,(H,15,16,17). The summed E-state index contributed by atoms with van der Waals surface area (Å²) < 4.78 is 0.962. The second-order valence-electron chi connectivity index (χ2n) is 5.30. The lowest BCUT2D eigenvalue weighted by Crippen LogP contribution is -2.34. The van der Waals surface area contributed by atoms with E-state index in [2.05, 4.69) is 69.0 Å². The zero-order chi connectivity index (χ0) is 14.0. The average molecular weight is 328 g/mol. The molecule has 0 amide bonds. The predicted octanol–water partition coefficient (Wildman–Crippen LogP) is 2.06. The molecule has 0 bridgehead atoms. The van der Waals surface area contributed by atoms with Crippen molar-refractivity contribution in [2.24, 2.45) is 5.92 Å². The van der Waals surface area contributed by atoms with Crippen molar-refractivity contribution in [3.05, 3.63) is 10.8 Å². The highest BCUT2D eigenvalue weighted by Crippen LogP contribution is 2.33. The molecule has 106 valence electrons. The van der Waals surface area contributed by atoms with Crippen LogP contribution in [-0.2, 0) is 0 Å². The fourth-order valence-electron chi connectivity index (χ4n) is 2.67. The number of halogens is 1. The fraction of sp³-hybridized carbons (Fsp3) is 0.692. The first-order chi connectivity index (χ1) is 9.04. The Bertz CT molecular complexity index is 437. The van der Waals surface area contributed by atoms with Crippen LogP contribution in [0.2, 0.25) is 0 Å². The van der Waals surface area contributed by atoms with Gasteiger partial charge in [0, 0.05) is 25.7 Å². The van der Waals surface area contributed by atoms with E-state index in [4.69, 9.17) is 0 Å². The number of likely N-dealkylation sites (N-methyl/N-ethyl adjacent to an activating group) is 1. The summed E-state index contributed by atoms with van der Waals surface area (Å²) in [5, 5.41) is 3.25. The normalized spacial score (nSPS) is 23.2. The van der Waals surface area contributed by atoms with E-state index in [1.807, 2.05) is 0 Å². The van der Waals surface area contributed by atoms with Gasteiger partial charge in [-0.1, -0.05) is 6.92 Å². The van der Waals surface area contributed by atoms with Gasteiger partial charge in [-0.25, -0.2) is 9.97 Å². The van der Waals surface area contributed by atoms with Crippen molar-refractivity contribution in [2.75, 3.05) is 43.9 Å².